The highest BCUT2D eigenvalue weighted by Gasteiger charge is 2.41. The molecule has 38 heavy (non-hydrogen) atoms. The third-order valence-corrected chi connectivity index (χ3v) is 6.30. The number of carbonyl (C=O) groups is 1. The van der Waals surface area contributed by atoms with Crippen LogP contribution in [0.25, 0.3) is 0 Å². The molecule has 16 heteroatoms. The number of amides is 1. The zero-order chi connectivity index (χ0) is 27.8. The Morgan fingerprint density at radius 3 is 2.39 bits per heavy atom. The summed E-state index contributed by atoms with van der Waals surface area (Å²) < 4.78 is 61.8. The first kappa shape index (κ1) is 27.8. The molecule has 4 heterocycles. The van der Waals surface area contributed by atoms with Crippen LogP contribution in [0.1, 0.15) is 31.6 Å². The molecule has 0 aliphatic carbocycles. The molecule has 0 radical (unpaired) electrons. The average molecular weight is 548 g/mol. The zero-order valence-electron chi connectivity index (χ0n) is 20.3. The smallest absolute Gasteiger partial charge is 0.423 e. The summed E-state index contributed by atoms with van der Waals surface area (Å²) in [4.78, 5) is 39.0. The Hall–Kier alpha value is -3.18. The van der Waals surface area contributed by atoms with Crippen molar-refractivity contribution in [1.29, 1.82) is 0 Å². The van der Waals surface area contributed by atoms with Gasteiger partial charge in [-0.3, -0.25) is 19.1 Å². The number of aliphatic hydroxyl groups excluding tert-OH is 2. The quantitative estimate of drug-likeness (QED) is 0.326. The van der Waals surface area contributed by atoms with E-state index in [-0.39, 0.29) is 31.9 Å². The van der Waals surface area contributed by atoms with Crippen molar-refractivity contribution in [2.24, 2.45) is 0 Å². The van der Waals surface area contributed by atoms with Crippen molar-refractivity contribution in [3.05, 3.63) is 56.5 Å². The SMILES string of the molecule is COC[C@H]1O[C@@H](N2C=C(C)C(=O)N/C2=C\OC[C@H]2O[C@@H](n3cc(C(F)(F)F)c(=O)[nH]c3=O)CC2O)CC1O. The van der Waals surface area contributed by atoms with Crippen LogP contribution in [-0.4, -0.2) is 81.5 Å². The second-order valence-corrected chi connectivity index (χ2v) is 9.04. The van der Waals surface area contributed by atoms with Crippen molar-refractivity contribution in [1.82, 2.24) is 19.8 Å². The van der Waals surface area contributed by atoms with E-state index in [4.69, 9.17) is 18.9 Å². The zero-order valence-corrected chi connectivity index (χ0v) is 20.3. The average Bonchev–Trinajstić information content (AvgIpc) is 3.37. The van der Waals surface area contributed by atoms with E-state index < -0.39 is 65.8 Å². The number of carbonyl (C=O) groups excluding carboxylic acids is 1. The number of ether oxygens (including phenoxy) is 4. The van der Waals surface area contributed by atoms with Crippen LogP contribution in [0.2, 0.25) is 0 Å². The van der Waals surface area contributed by atoms with E-state index in [1.54, 1.807) is 16.8 Å². The molecule has 13 nitrogen and oxygen atoms in total. The van der Waals surface area contributed by atoms with Gasteiger partial charge in [-0.25, -0.2) is 4.79 Å². The van der Waals surface area contributed by atoms with Crippen molar-refractivity contribution in [3.8, 4) is 0 Å². The summed E-state index contributed by atoms with van der Waals surface area (Å²) in [7, 11) is 1.47. The number of aliphatic hydroxyl groups is 2. The lowest BCUT2D eigenvalue weighted by molar-refractivity contribution is -0.139. The van der Waals surface area contributed by atoms with Crippen molar-refractivity contribution < 1.29 is 47.1 Å². The summed E-state index contributed by atoms with van der Waals surface area (Å²) in [6, 6.07) is 0. The molecule has 0 saturated carbocycles. The molecular formula is C22H27F3N4O9. The maximum atomic E-state index is 13.1. The topological polar surface area (TPSA) is 165 Å². The Bertz CT molecular complexity index is 1230. The Balaban J connectivity index is 1.45. The van der Waals surface area contributed by atoms with Gasteiger partial charge in [0.1, 0.15) is 43.1 Å². The van der Waals surface area contributed by atoms with Gasteiger partial charge in [0.2, 0.25) is 0 Å². The van der Waals surface area contributed by atoms with Gasteiger partial charge in [-0.2, -0.15) is 13.2 Å². The van der Waals surface area contributed by atoms with Crippen LogP contribution in [0.5, 0.6) is 0 Å². The third kappa shape index (κ3) is 5.78. The van der Waals surface area contributed by atoms with E-state index in [9.17, 15) is 37.8 Å². The number of aromatic amines is 1. The van der Waals surface area contributed by atoms with Crippen LogP contribution < -0.4 is 16.6 Å². The lowest BCUT2D eigenvalue weighted by Crippen LogP contribution is -2.43. The van der Waals surface area contributed by atoms with E-state index in [2.05, 4.69) is 5.32 Å². The summed E-state index contributed by atoms with van der Waals surface area (Å²) in [6.07, 6.45) is -7.56. The fraction of sp³-hybridized carbons (Fsp3) is 0.591. The van der Waals surface area contributed by atoms with Crippen LogP contribution in [0.4, 0.5) is 13.2 Å². The fourth-order valence-corrected chi connectivity index (χ4v) is 4.30. The molecule has 6 atom stereocenters. The minimum atomic E-state index is -5.00. The van der Waals surface area contributed by atoms with Gasteiger partial charge in [0.25, 0.3) is 11.5 Å². The largest absolute Gasteiger partial charge is 0.495 e. The van der Waals surface area contributed by atoms with Crippen LogP contribution in [-0.2, 0) is 29.9 Å². The summed E-state index contributed by atoms with van der Waals surface area (Å²) >= 11 is 0. The van der Waals surface area contributed by atoms with E-state index in [0.29, 0.717) is 16.3 Å². The molecule has 2 unspecified atom stereocenters. The number of methoxy groups -OCH3 is 1. The van der Waals surface area contributed by atoms with Gasteiger partial charge in [-0.05, 0) is 6.92 Å². The molecule has 210 valence electrons. The molecule has 3 aliphatic heterocycles. The Labute approximate surface area is 213 Å². The number of aromatic nitrogens is 2. The minimum Gasteiger partial charge on any atom is -0.495 e. The van der Waals surface area contributed by atoms with Crippen LogP contribution in [0.15, 0.2) is 39.6 Å². The van der Waals surface area contributed by atoms with Gasteiger partial charge in [0, 0.05) is 37.9 Å². The molecule has 0 spiro atoms. The first-order valence-electron chi connectivity index (χ1n) is 11.6. The van der Waals surface area contributed by atoms with Crippen molar-refractivity contribution in [3.63, 3.8) is 0 Å². The van der Waals surface area contributed by atoms with Gasteiger partial charge in [-0.15, -0.1) is 0 Å². The number of H-pyrrole nitrogens is 1. The molecule has 0 aromatic carbocycles. The predicted molar refractivity (Wildman–Crippen MR) is 120 cm³/mol. The van der Waals surface area contributed by atoms with Gasteiger partial charge >= 0.3 is 11.9 Å². The highest BCUT2D eigenvalue weighted by atomic mass is 19.4. The fourth-order valence-electron chi connectivity index (χ4n) is 4.30. The normalized spacial score (nSPS) is 31.0. The summed E-state index contributed by atoms with van der Waals surface area (Å²) in [6.45, 7) is 1.46. The molecule has 4 N–H and O–H groups in total. The van der Waals surface area contributed by atoms with Crippen molar-refractivity contribution >= 4 is 5.91 Å². The van der Waals surface area contributed by atoms with Crippen molar-refractivity contribution in [2.45, 2.75) is 62.8 Å². The maximum absolute atomic E-state index is 13.1. The summed E-state index contributed by atoms with van der Waals surface area (Å²) in [5.74, 6) is -0.232. The maximum Gasteiger partial charge on any atom is 0.423 e. The minimum absolute atomic E-state index is 0.164. The summed E-state index contributed by atoms with van der Waals surface area (Å²) in [5.41, 5.74) is -3.92. The third-order valence-electron chi connectivity index (χ3n) is 6.30. The molecule has 1 aromatic rings. The standard InChI is InChI=1S/C22H27F3N4O9/c1-10-5-28(17-3-12(30)14(37-17)7-35-2)16(26-19(10)32)9-36-8-15-13(31)4-18(38-15)29-6-11(22(23,24)25)20(33)27-21(29)34/h5-6,9,12-15,17-18,30-31H,3-4,7-8H2,1-2H3,(H,26,32)(H,27,33,34)/b16-9+/t12?,13?,14-,15-,17-,18-/m1/s1. The van der Waals surface area contributed by atoms with Crippen LogP contribution in [0.3, 0.4) is 0 Å². The van der Waals surface area contributed by atoms with E-state index in [1.807, 2.05) is 0 Å². The lowest BCUT2D eigenvalue weighted by atomic mass is 10.1. The Morgan fingerprint density at radius 1 is 1.11 bits per heavy atom. The highest BCUT2D eigenvalue weighted by molar-refractivity contribution is 5.94. The number of alkyl halides is 3. The number of halogens is 3. The van der Waals surface area contributed by atoms with E-state index in [1.165, 1.54) is 19.6 Å². The van der Waals surface area contributed by atoms with Gasteiger partial charge in [-0.1, -0.05) is 0 Å². The van der Waals surface area contributed by atoms with Crippen LogP contribution >= 0.6 is 0 Å². The number of hydrogen-bond acceptors (Lipinski definition) is 10. The van der Waals surface area contributed by atoms with Crippen LogP contribution in [0, 0.1) is 0 Å². The highest BCUT2D eigenvalue weighted by Crippen LogP contribution is 2.31. The number of nitrogens with zero attached hydrogens (tertiary/aromatic N) is 2. The summed E-state index contributed by atoms with van der Waals surface area (Å²) in [5, 5.41) is 23.2. The second-order valence-electron chi connectivity index (χ2n) is 9.04. The molecule has 4 rings (SSSR count). The second kappa shape index (κ2) is 10.9. The Kier molecular flexibility index (Phi) is 7.98. The number of nitrogens with one attached hydrogen (secondary N) is 2. The molecule has 1 amide bonds. The van der Waals surface area contributed by atoms with Gasteiger partial charge in [0.05, 0.1) is 18.8 Å². The molecule has 3 aliphatic rings. The van der Waals surface area contributed by atoms with E-state index in [0.717, 1.165) is 0 Å². The molecule has 2 fully saturated rings. The predicted octanol–water partition coefficient (Wildman–Crippen LogP) is -0.523. The van der Waals surface area contributed by atoms with Crippen molar-refractivity contribution in [2.75, 3.05) is 20.3 Å². The Morgan fingerprint density at radius 2 is 1.74 bits per heavy atom. The van der Waals surface area contributed by atoms with Gasteiger partial charge < -0.3 is 39.4 Å². The molecule has 2 saturated heterocycles. The first-order chi connectivity index (χ1) is 17.9. The van der Waals surface area contributed by atoms with Gasteiger partial charge in [0.15, 0.2) is 5.82 Å². The number of rotatable bonds is 7. The van der Waals surface area contributed by atoms with E-state index >= 15 is 0 Å². The monoisotopic (exact) mass is 548 g/mol. The molecule has 0 bridgehead atoms. The lowest BCUT2D eigenvalue weighted by Gasteiger charge is -2.33. The first-order valence-corrected chi connectivity index (χ1v) is 11.6. The molecular weight excluding hydrogens is 521 g/mol. The molecule has 1 aromatic heterocycles. The number of hydrogen-bond donors (Lipinski definition) is 4.